The molecule has 5 heterocycles. The zero-order valence-corrected chi connectivity index (χ0v) is 30.0. The van der Waals surface area contributed by atoms with Crippen LogP contribution in [0, 0.1) is 11.7 Å². The van der Waals surface area contributed by atoms with Gasteiger partial charge in [-0.1, -0.05) is 36.4 Å². The van der Waals surface area contributed by atoms with Crippen LogP contribution in [0.25, 0.3) is 27.8 Å². The number of nitrogens with zero attached hydrogens (tertiary/aromatic N) is 7. The van der Waals surface area contributed by atoms with E-state index in [0.717, 1.165) is 88.2 Å². The molecule has 11 nitrogen and oxygen atoms in total. The van der Waals surface area contributed by atoms with Crippen molar-refractivity contribution in [3.8, 4) is 16.8 Å². The van der Waals surface area contributed by atoms with Gasteiger partial charge in [-0.15, -0.1) is 0 Å². The number of piperazine rings is 1. The number of benzene rings is 2. The number of halogens is 1. The molecule has 5 aromatic rings. The number of pyridine rings is 1. The molecular formula is C41H46FN7O4. The van der Waals surface area contributed by atoms with Crippen LogP contribution in [0.4, 0.5) is 4.39 Å². The van der Waals surface area contributed by atoms with Gasteiger partial charge in [0.05, 0.1) is 23.9 Å². The molecule has 8 rings (SSSR count). The second kappa shape index (κ2) is 15.3. The largest absolute Gasteiger partial charge is 0.395 e. The predicted octanol–water partition coefficient (Wildman–Crippen LogP) is 5.00. The minimum absolute atomic E-state index is 0.0463. The first-order valence-corrected chi connectivity index (χ1v) is 19.0. The van der Waals surface area contributed by atoms with Gasteiger partial charge < -0.3 is 9.67 Å². The second-order valence-electron chi connectivity index (χ2n) is 14.9. The van der Waals surface area contributed by atoms with E-state index in [1.54, 1.807) is 0 Å². The molecule has 0 unspecified atom stereocenters. The number of aromatic nitrogens is 5. The van der Waals surface area contributed by atoms with Crippen molar-refractivity contribution in [3.05, 3.63) is 111 Å². The van der Waals surface area contributed by atoms with Crippen LogP contribution in [0.3, 0.4) is 0 Å². The monoisotopic (exact) mass is 719 g/mol. The topological polar surface area (TPSA) is 118 Å². The molecule has 3 aliphatic rings. The number of carbonyl (C=O) groups excluding carboxylic acids is 1. The van der Waals surface area contributed by atoms with Gasteiger partial charge in [0.15, 0.2) is 11.4 Å². The van der Waals surface area contributed by atoms with Crippen LogP contribution < -0.4 is 11.2 Å². The fourth-order valence-electron chi connectivity index (χ4n) is 8.46. The number of aliphatic hydroxyl groups excluding tert-OH is 1. The van der Waals surface area contributed by atoms with Crippen molar-refractivity contribution in [1.82, 2.24) is 33.5 Å². The Morgan fingerprint density at radius 3 is 2.42 bits per heavy atom. The molecule has 1 saturated carbocycles. The Kier molecular flexibility index (Phi) is 10.2. The summed E-state index contributed by atoms with van der Waals surface area (Å²) in [6.45, 7) is 6.48. The Labute approximate surface area is 307 Å². The number of ketones is 1. The van der Waals surface area contributed by atoms with Crippen molar-refractivity contribution in [1.29, 1.82) is 0 Å². The quantitative estimate of drug-likeness (QED) is 0.201. The van der Waals surface area contributed by atoms with Crippen molar-refractivity contribution in [2.75, 3.05) is 39.3 Å². The zero-order valence-electron chi connectivity index (χ0n) is 30.0. The number of aliphatic hydroxyl groups is 1. The minimum Gasteiger partial charge on any atom is -0.395 e. The summed E-state index contributed by atoms with van der Waals surface area (Å²) in [7, 11) is 0. The summed E-state index contributed by atoms with van der Waals surface area (Å²) < 4.78 is 19.4. The summed E-state index contributed by atoms with van der Waals surface area (Å²) in [6.07, 6.45) is 8.94. The molecule has 2 aromatic carbocycles. The maximum Gasteiger partial charge on any atom is 0.337 e. The number of hydrogen-bond donors (Lipinski definition) is 1. The Morgan fingerprint density at radius 2 is 1.66 bits per heavy atom. The number of aryl methyl sites for hydroxylation is 2. The maximum absolute atomic E-state index is 14.6. The molecule has 1 aliphatic carbocycles. The van der Waals surface area contributed by atoms with E-state index in [-0.39, 0.29) is 35.4 Å². The van der Waals surface area contributed by atoms with Gasteiger partial charge in [0.1, 0.15) is 17.3 Å². The highest BCUT2D eigenvalue weighted by atomic mass is 19.1. The number of carbonyl (C=O) groups is 1. The molecule has 0 atom stereocenters. The molecule has 276 valence electrons. The van der Waals surface area contributed by atoms with Crippen molar-refractivity contribution in [2.45, 2.75) is 70.5 Å². The lowest BCUT2D eigenvalue weighted by molar-refractivity contribution is 0.0938. The first-order valence-electron chi connectivity index (χ1n) is 19.0. The van der Waals surface area contributed by atoms with Gasteiger partial charge in [0.2, 0.25) is 0 Å². The third kappa shape index (κ3) is 7.40. The fraction of sp³-hybridized carbons (Fsp3) is 0.439. The van der Waals surface area contributed by atoms with Crippen LogP contribution in [-0.2, 0) is 19.5 Å². The highest BCUT2D eigenvalue weighted by molar-refractivity contribution is 5.94. The second-order valence-corrected chi connectivity index (χ2v) is 14.9. The molecule has 1 saturated heterocycles. The van der Waals surface area contributed by atoms with E-state index in [9.17, 15) is 23.9 Å². The molecule has 2 aliphatic heterocycles. The number of Topliss-reactive ketones (excluding diaryl/α,β-unsaturated/α-hetero) is 1. The van der Waals surface area contributed by atoms with E-state index in [0.29, 0.717) is 43.5 Å². The number of rotatable bonds is 10. The smallest absolute Gasteiger partial charge is 0.337 e. The Hall–Kier alpha value is -4.78. The minimum atomic E-state index is -0.643. The molecule has 53 heavy (non-hydrogen) atoms. The molecule has 0 spiro atoms. The predicted molar refractivity (Wildman–Crippen MR) is 201 cm³/mol. The highest BCUT2D eigenvalue weighted by Crippen LogP contribution is 2.34. The van der Waals surface area contributed by atoms with Crippen molar-refractivity contribution >= 4 is 16.8 Å². The molecule has 0 bridgehead atoms. The average Bonchev–Trinajstić information content (AvgIpc) is 3.62. The lowest BCUT2D eigenvalue weighted by Gasteiger charge is -2.34. The van der Waals surface area contributed by atoms with Crippen LogP contribution in [0.15, 0.2) is 76.6 Å². The van der Waals surface area contributed by atoms with Crippen LogP contribution >= 0.6 is 0 Å². The fourth-order valence-corrected chi connectivity index (χ4v) is 8.46. The van der Waals surface area contributed by atoms with Gasteiger partial charge in [-0.25, -0.2) is 23.7 Å². The zero-order chi connectivity index (χ0) is 36.5. The summed E-state index contributed by atoms with van der Waals surface area (Å²) in [5, 5.41) is 9.29. The number of fused-ring (bicyclic) bond motifs is 2. The summed E-state index contributed by atoms with van der Waals surface area (Å²) >= 11 is 0. The molecular weight excluding hydrogens is 673 g/mol. The van der Waals surface area contributed by atoms with Crippen LogP contribution in [0.5, 0.6) is 0 Å². The summed E-state index contributed by atoms with van der Waals surface area (Å²) in [5.74, 6) is 0.529. The number of hydrogen-bond acceptors (Lipinski definition) is 8. The third-order valence-corrected chi connectivity index (χ3v) is 11.4. The Balaban J connectivity index is 1.02. The lowest BCUT2D eigenvalue weighted by Crippen LogP contribution is -2.46. The summed E-state index contributed by atoms with van der Waals surface area (Å²) in [5.41, 5.74) is 3.24. The van der Waals surface area contributed by atoms with E-state index >= 15 is 0 Å². The van der Waals surface area contributed by atoms with E-state index in [4.69, 9.17) is 0 Å². The van der Waals surface area contributed by atoms with Gasteiger partial charge in [0, 0.05) is 70.9 Å². The van der Waals surface area contributed by atoms with Crippen molar-refractivity contribution in [3.63, 3.8) is 0 Å². The van der Waals surface area contributed by atoms with Crippen LogP contribution in [-0.4, -0.2) is 83.7 Å². The van der Waals surface area contributed by atoms with Gasteiger partial charge in [-0.05, 0) is 79.3 Å². The molecule has 3 aromatic heterocycles. The summed E-state index contributed by atoms with van der Waals surface area (Å²) in [4.78, 5) is 55.0. The van der Waals surface area contributed by atoms with Gasteiger partial charge in [-0.3, -0.25) is 24.0 Å². The van der Waals surface area contributed by atoms with E-state index in [2.05, 4.69) is 48.6 Å². The molecule has 1 N–H and O–H groups in total. The molecule has 2 fully saturated rings. The third-order valence-electron chi connectivity index (χ3n) is 11.4. The first kappa shape index (κ1) is 35.3. The lowest BCUT2D eigenvalue weighted by atomic mass is 9.82. The first-order chi connectivity index (χ1) is 25.8. The average molecular weight is 720 g/mol. The maximum atomic E-state index is 14.6. The highest BCUT2D eigenvalue weighted by Gasteiger charge is 2.29. The SMILES string of the molecule is O=C(CC1CCC(n2c(=O)c3cc(F)cnc3n(-c3cccc(-c4ccc(CN5CCN(CCO)CC5)cc4)c3)c2=O)CC1)c1cn2c(n1)CCCC2. The summed E-state index contributed by atoms with van der Waals surface area (Å²) in [6, 6.07) is 16.8. The van der Waals surface area contributed by atoms with Crippen molar-refractivity contribution < 1.29 is 14.3 Å². The van der Waals surface area contributed by atoms with Gasteiger partial charge >= 0.3 is 5.69 Å². The molecule has 12 heteroatoms. The van der Waals surface area contributed by atoms with E-state index < -0.39 is 17.1 Å². The van der Waals surface area contributed by atoms with Crippen molar-refractivity contribution in [2.24, 2.45) is 5.92 Å². The number of β-amino-alcohol motifs (C(OH)–C–C–N with tert-alkyl or cyclic N) is 1. The normalized spacial score (nSPS) is 19.7. The van der Waals surface area contributed by atoms with Gasteiger partial charge in [-0.2, -0.15) is 0 Å². The van der Waals surface area contributed by atoms with Crippen LogP contribution in [0.2, 0.25) is 0 Å². The van der Waals surface area contributed by atoms with E-state index in [1.807, 2.05) is 30.5 Å². The molecule has 0 amide bonds. The standard InChI is InChI=1S/C41H46FN7O4/c42-32-24-35-39(43-25-32)48(34-5-3-4-31(23-34)30-11-7-29(8-12-30)26-46-18-16-45(17-19-46)20-21-50)41(53)49(40(35)52)33-13-9-28(10-14-33)22-37(51)36-27-47-15-2-1-6-38(47)44-36/h3-5,7-8,11-12,23-25,27-28,33,50H,1-2,6,9-10,13-22,26H2. The van der Waals surface area contributed by atoms with E-state index in [1.165, 1.54) is 20.8 Å². The van der Waals surface area contributed by atoms with Gasteiger partial charge in [0.25, 0.3) is 5.56 Å². The Morgan fingerprint density at radius 1 is 0.887 bits per heavy atom. The Bertz CT molecular complexity index is 2200. The molecule has 0 radical (unpaired) electrons. The van der Waals surface area contributed by atoms with Crippen LogP contribution in [0.1, 0.15) is 72.9 Å². The number of imidazole rings is 1.